The molecule has 21 heavy (non-hydrogen) atoms. The van der Waals surface area contributed by atoms with Crippen LogP contribution in [0.4, 0.5) is 0 Å². The summed E-state index contributed by atoms with van der Waals surface area (Å²) in [5, 5.41) is 2.86. The van der Waals surface area contributed by atoms with Crippen LogP contribution in [-0.2, 0) is 0 Å². The molecule has 0 spiro atoms. The molecule has 0 aliphatic heterocycles. The zero-order chi connectivity index (χ0) is 14.4. The number of hydrogen-bond acceptors (Lipinski definition) is 4. The minimum atomic E-state index is 0.601. The second kappa shape index (κ2) is 4.38. The molecule has 0 amide bonds. The second-order valence-corrected chi connectivity index (χ2v) is 4.81. The van der Waals surface area contributed by atoms with Gasteiger partial charge in [0.1, 0.15) is 16.8 Å². The van der Waals surface area contributed by atoms with Gasteiger partial charge in [0.25, 0.3) is 0 Å². The topological polar surface area (TPSA) is 44.5 Å². The Bertz CT molecular complexity index is 972. The fraction of sp³-hybridized carbons (Fsp3) is 0.118. The minimum absolute atomic E-state index is 0.601. The summed E-state index contributed by atoms with van der Waals surface area (Å²) in [6, 6.07) is 13.7. The highest BCUT2D eigenvalue weighted by molar-refractivity contribution is 6.14. The van der Waals surface area contributed by atoms with Gasteiger partial charge >= 0.3 is 0 Å². The van der Waals surface area contributed by atoms with Crippen LogP contribution in [0.25, 0.3) is 32.8 Å². The molecule has 0 N–H and O–H groups in total. The Morgan fingerprint density at radius 1 is 0.905 bits per heavy atom. The Labute approximate surface area is 120 Å². The Morgan fingerprint density at radius 2 is 1.71 bits per heavy atom. The zero-order valence-electron chi connectivity index (χ0n) is 11.7. The van der Waals surface area contributed by atoms with Gasteiger partial charge in [0.15, 0.2) is 5.58 Å². The van der Waals surface area contributed by atoms with Gasteiger partial charge < -0.3 is 13.9 Å². The van der Waals surface area contributed by atoms with Crippen molar-refractivity contribution in [1.29, 1.82) is 0 Å². The average Bonchev–Trinajstić information content (AvgIpc) is 2.91. The predicted octanol–water partition coefficient (Wildman–Crippen LogP) is 4.15. The van der Waals surface area contributed by atoms with E-state index < -0.39 is 0 Å². The standard InChI is InChI=1S/C17H13NO3/c1-19-10-7-8-14-13(9-10)15-16(21-14)11-5-3-4-6-12(11)17(18-15)20-2/h3-9H,1-2H3. The van der Waals surface area contributed by atoms with Crippen molar-refractivity contribution in [2.45, 2.75) is 0 Å². The molecule has 0 saturated carbocycles. The van der Waals surface area contributed by atoms with E-state index in [4.69, 9.17) is 13.9 Å². The number of methoxy groups -OCH3 is 2. The van der Waals surface area contributed by atoms with Crippen molar-refractivity contribution in [2.75, 3.05) is 14.2 Å². The van der Waals surface area contributed by atoms with E-state index in [0.29, 0.717) is 5.88 Å². The predicted molar refractivity (Wildman–Crippen MR) is 82.1 cm³/mol. The van der Waals surface area contributed by atoms with Gasteiger partial charge in [-0.2, -0.15) is 0 Å². The third-order valence-corrected chi connectivity index (χ3v) is 3.68. The number of benzene rings is 2. The molecular formula is C17H13NO3. The molecule has 4 rings (SSSR count). The number of pyridine rings is 1. The Morgan fingerprint density at radius 3 is 2.48 bits per heavy atom. The molecule has 0 atom stereocenters. The lowest BCUT2D eigenvalue weighted by Gasteiger charge is -2.04. The fourth-order valence-electron chi connectivity index (χ4n) is 2.67. The van der Waals surface area contributed by atoms with Crippen LogP contribution in [0.5, 0.6) is 11.6 Å². The average molecular weight is 279 g/mol. The van der Waals surface area contributed by atoms with Gasteiger partial charge in [0.05, 0.1) is 19.6 Å². The van der Waals surface area contributed by atoms with Gasteiger partial charge in [0.2, 0.25) is 5.88 Å². The van der Waals surface area contributed by atoms with E-state index in [9.17, 15) is 0 Å². The number of nitrogens with zero attached hydrogens (tertiary/aromatic N) is 1. The van der Waals surface area contributed by atoms with Gasteiger partial charge in [0, 0.05) is 10.8 Å². The molecule has 4 heteroatoms. The minimum Gasteiger partial charge on any atom is -0.497 e. The van der Waals surface area contributed by atoms with Gasteiger partial charge in [-0.25, -0.2) is 4.98 Å². The smallest absolute Gasteiger partial charge is 0.221 e. The maximum Gasteiger partial charge on any atom is 0.221 e. The number of rotatable bonds is 2. The first-order valence-corrected chi connectivity index (χ1v) is 6.65. The van der Waals surface area contributed by atoms with Crippen molar-refractivity contribution in [1.82, 2.24) is 4.98 Å². The van der Waals surface area contributed by atoms with Crippen molar-refractivity contribution in [3.8, 4) is 11.6 Å². The van der Waals surface area contributed by atoms with Crippen LogP contribution in [0, 0.1) is 0 Å². The molecule has 0 unspecified atom stereocenters. The van der Waals surface area contributed by atoms with E-state index in [0.717, 1.165) is 38.6 Å². The van der Waals surface area contributed by atoms with Crippen LogP contribution in [0.1, 0.15) is 0 Å². The molecule has 0 aliphatic carbocycles. The maximum absolute atomic E-state index is 5.99. The largest absolute Gasteiger partial charge is 0.497 e. The Hall–Kier alpha value is -2.75. The summed E-state index contributed by atoms with van der Waals surface area (Å²) in [6.45, 7) is 0. The monoisotopic (exact) mass is 279 g/mol. The summed E-state index contributed by atoms with van der Waals surface area (Å²) in [5.41, 5.74) is 2.35. The van der Waals surface area contributed by atoms with Gasteiger partial charge in [-0.3, -0.25) is 0 Å². The fourth-order valence-corrected chi connectivity index (χ4v) is 2.67. The molecule has 2 aromatic carbocycles. The highest BCUT2D eigenvalue weighted by Crippen LogP contribution is 2.37. The van der Waals surface area contributed by atoms with Gasteiger partial charge in [-0.1, -0.05) is 18.2 Å². The van der Waals surface area contributed by atoms with E-state index >= 15 is 0 Å². The lowest BCUT2D eigenvalue weighted by molar-refractivity contribution is 0.405. The lowest BCUT2D eigenvalue weighted by atomic mass is 10.1. The highest BCUT2D eigenvalue weighted by Gasteiger charge is 2.15. The molecule has 0 aliphatic rings. The summed E-state index contributed by atoms with van der Waals surface area (Å²) < 4.78 is 16.7. The molecular weight excluding hydrogens is 266 g/mol. The van der Waals surface area contributed by atoms with Crippen LogP contribution in [0.15, 0.2) is 46.9 Å². The van der Waals surface area contributed by atoms with E-state index in [1.54, 1.807) is 14.2 Å². The Balaban J connectivity index is 2.22. The van der Waals surface area contributed by atoms with Crippen LogP contribution in [0.2, 0.25) is 0 Å². The van der Waals surface area contributed by atoms with Crippen molar-refractivity contribution in [3.63, 3.8) is 0 Å². The van der Waals surface area contributed by atoms with E-state index in [2.05, 4.69) is 4.98 Å². The molecule has 2 aromatic heterocycles. The summed E-state index contributed by atoms with van der Waals surface area (Å²) in [4.78, 5) is 4.61. The van der Waals surface area contributed by atoms with Crippen molar-refractivity contribution >= 4 is 32.8 Å². The highest BCUT2D eigenvalue weighted by atomic mass is 16.5. The van der Waals surface area contributed by atoms with Gasteiger partial charge in [-0.15, -0.1) is 0 Å². The molecule has 4 nitrogen and oxygen atoms in total. The first-order valence-electron chi connectivity index (χ1n) is 6.65. The van der Waals surface area contributed by atoms with Crippen LogP contribution in [0.3, 0.4) is 0 Å². The van der Waals surface area contributed by atoms with Gasteiger partial charge in [-0.05, 0) is 24.3 Å². The summed E-state index contributed by atoms with van der Waals surface area (Å²) in [6.07, 6.45) is 0. The van der Waals surface area contributed by atoms with Crippen LogP contribution >= 0.6 is 0 Å². The lowest BCUT2D eigenvalue weighted by Crippen LogP contribution is -1.89. The first kappa shape index (κ1) is 12.0. The van der Waals surface area contributed by atoms with Crippen LogP contribution < -0.4 is 9.47 Å². The normalized spacial score (nSPS) is 11.3. The Kier molecular flexibility index (Phi) is 2.51. The SMILES string of the molecule is COc1ccc2oc3c4ccccc4c(OC)nc3c2c1. The number of hydrogen-bond donors (Lipinski definition) is 0. The zero-order valence-corrected chi connectivity index (χ0v) is 11.7. The van der Waals surface area contributed by atoms with Crippen LogP contribution in [-0.4, -0.2) is 19.2 Å². The van der Waals surface area contributed by atoms with Crippen molar-refractivity contribution in [3.05, 3.63) is 42.5 Å². The second-order valence-electron chi connectivity index (χ2n) is 4.81. The molecule has 0 bridgehead atoms. The summed E-state index contributed by atoms with van der Waals surface area (Å²) >= 11 is 0. The first-order chi connectivity index (χ1) is 10.3. The quantitative estimate of drug-likeness (QED) is 0.553. The number of ether oxygens (including phenoxy) is 2. The number of aromatic nitrogens is 1. The van der Waals surface area contributed by atoms with E-state index in [1.807, 2.05) is 42.5 Å². The van der Waals surface area contributed by atoms with Crippen molar-refractivity contribution < 1.29 is 13.9 Å². The van der Waals surface area contributed by atoms with Crippen molar-refractivity contribution in [2.24, 2.45) is 0 Å². The molecule has 0 fully saturated rings. The molecule has 0 saturated heterocycles. The molecule has 2 heterocycles. The maximum atomic E-state index is 5.99. The third-order valence-electron chi connectivity index (χ3n) is 3.68. The van der Waals surface area contributed by atoms with E-state index in [1.165, 1.54) is 0 Å². The summed E-state index contributed by atoms with van der Waals surface area (Å²) in [7, 11) is 3.27. The number of fused-ring (bicyclic) bond motifs is 5. The molecule has 4 aromatic rings. The third kappa shape index (κ3) is 1.65. The molecule has 104 valence electrons. The molecule has 0 radical (unpaired) electrons. The number of furan rings is 1. The summed E-state index contributed by atoms with van der Waals surface area (Å²) in [5.74, 6) is 1.38. The van der Waals surface area contributed by atoms with E-state index in [-0.39, 0.29) is 0 Å².